The Bertz CT molecular complexity index is 1220. The van der Waals surface area contributed by atoms with Crippen LogP contribution in [-0.2, 0) is 9.47 Å². The first-order valence-electron chi connectivity index (χ1n) is 12.0. The summed E-state index contributed by atoms with van der Waals surface area (Å²) in [6, 6.07) is 27.5. The molecule has 6 nitrogen and oxygen atoms in total. The van der Waals surface area contributed by atoms with Crippen LogP contribution in [-0.4, -0.2) is 39.7 Å². The van der Waals surface area contributed by atoms with Gasteiger partial charge in [0.2, 0.25) is 0 Å². The smallest absolute Gasteiger partial charge is 0.189 e. The van der Waals surface area contributed by atoms with Crippen LogP contribution in [0.2, 0.25) is 0 Å². The predicted octanol–water partition coefficient (Wildman–Crippen LogP) is 5.04. The molecule has 35 heavy (non-hydrogen) atoms. The van der Waals surface area contributed by atoms with Crippen molar-refractivity contribution in [3.8, 4) is 0 Å². The summed E-state index contributed by atoms with van der Waals surface area (Å²) in [4.78, 5) is 6.84. The fraction of sp³-hybridized carbons (Fsp3) is 0.310. The number of aromatic amines is 2. The molecule has 1 aliphatic rings. The van der Waals surface area contributed by atoms with Crippen molar-refractivity contribution < 1.29 is 19.7 Å². The molecule has 0 amide bonds. The summed E-state index contributed by atoms with van der Waals surface area (Å²) in [5, 5.41) is 21.8. The van der Waals surface area contributed by atoms with Gasteiger partial charge in [-0.05, 0) is 35.4 Å². The van der Waals surface area contributed by atoms with Crippen molar-refractivity contribution in [2.45, 2.75) is 38.3 Å². The van der Waals surface area contributed by atoms with Crippen molar-refractivity contribution in [1.82, 2.24) is 9.97 Å². The van der Waals surface area contributed by atoms with E-state index in [9.17, 15) is 10.2 Å². The molecule has 3 atom stereocenters. The standard InChI is InChI=1S/C29H32N2O4/c1-29(2)17-34-28(35-18-29)27(33)24-16-14-22(31-24)25(19-9-5-3-6-10-19)21-13-15-23(30-21)26(32)20-11-7-4-8-12-20/h3-16,25-28,30-33H,17-18H2,1-2H3. The summed E-state index contributed by atoms with van der Waals surface area (Å²) in [6.07, 6.45) is -2.37. The summed E-state index contributed by atoms with van der Waals surface area (Å²) in [5.74, 6) is -0.138. The van der Waals surface area contributed by atoms with Crippen LogP contribution in [0.3, 0.4) is 0 Å². The zero-order valence-electron chi connectivity index (χ0n) is 20.0. The van der Waals surface area contributed by atoms with Gasteiger partial charge < -0.3 is 29.7 Å². The molecule has 1 fully saturated rings. The minimum absolute atomic E-state index is 0.0643. The summed E-state index contributed by atoms with van der Waals surface area (Å²) in [5.41, 5.74) is 5.08. The van der Waals surface area contributed by atoms with Gasteiger partial charge in [-0.3, -0.25) is 0 Å². The molecule has 5 rings (SSSR count). The van der Waals surface area contributed by atoms with E-state index in [0.717, 1.165) is 28.2 Å². The molecule has 0 bridgehead atoms. The Hall–Kier alpha value is -3.16. The maximum absolute atomic E-state index is 10.9. The number of aliphatic hydroxyl groups excluding tert-OH is 2. The molecule has 0 aliphatic carbocycles. The van der Waals surface area contributed by atoms with Crippen LogP contribution >= 0.6 is 0 Å². The van der Waals surface area contributed by atoms with Gasteiger partial charge in [-0.2, -0.15) is 0 Å². The number of rotatable bonds is 7. The zero-order valence-corrected chi connectivity index (χ0v) is 20.0. The first kappa shape index (κ1) is 23.6. The average molecular weight is 473 g/mol. The quantitative estimate of drug-likeness (QED) is 0.303. The molecule has 0 spiro atoms. The van der Waals surface area contributed by atoms with E-state index < -0.39 is 18.5 Å². The molecule has 0 saturated carbocycles. The number of H-pyrrole nitrogens is 2. The highest BCUT2D eigenvalue weighted by Gasteiger charge is 2.34. The fourth-order valence-corrected chi connectivity index (χ4v) is 4.55. The number of aliphatic hydroxyl groups is 2. The largest absolute Gasteiger partial charge is 0.382 e. The second-order valence-corrected chi connectivity index (χ2v) is 9.99. The van der Waals surface area contributed by atoms with Gasteiger partial charge in [-0.25, -0.2) is 0 Å². The third kappa shape index (κ3) is 5.11. The number of benzene rings is 2. The average Bonchev–Trinajstić information content (AvgIpc) is 3.56. The van der Waals surface area contributed by atoms with Gasteiger partial charge in [0.25, 0.3) is 0 Å². The Balaban J connectivity index is 1.43. The Morgan fingerprint density at radius 3 is 1.77 bits per heavy atom. The monoisotopic (exact) mass is 472 g/mol. The number of nitrogens with one attached hydrogen (secondary N) is 2. The van der Waals surface area contributed by atoms with Crippen molar-refractivity contribution in [2.75, 3.05) is 13.2 Å². The SMILES string of the molecule is CC1(C)COC(C(O)c2ccc(C(c3ccccc3)c3ccc(C(O)c4ccccc4)[nH]3)[nH]2)OC1. The van der Waals surface area contributed by atoms with Crippen molar-refractivity contribution in [3.05, 3.63) is 119 Å². The summed E-state index contributed by atoms with van der Waals surface area (Å²) in [7, 11) is 0. The highest BCUT2D eigenvalue weighted by Crippen LogP contribution is 2.35. The van der Waals surface area contributed by atoms with Gasteiger partial charge in [0.15, 0.2) is 6.29 Å². The first-order chi connectivity index (χ1) is 16.9. The lowest BCUT2D eigenvalue weighted by atomic mass is 9.93. The minimum Gasteiger partial charge on any atom is -0.382 e. The van der Waals surface area contributed by atoms with E-state index in [0.29, 0.717) is 18.9 Å². The highest BCUT2D eigenvalue weighted by molar-refractivity contribution is 5.40. The molecular weight excluding hydrogens is 440 g/mol. The van der Waals surface area contributed by atoms with E-state index in [4.69, 9.17) is 9.47 Å². The maximum atomic E-state index is 10.9. The second-order valence-electron chi connectivity index (χ2n) is 9.99. The molecule has 6 heteroatoms. The van der Waals surface area contributed by atoms with E-state index in [2.05, 4.69) is 35.9 Å². The number of aromatic nitrogens is 2. The maximum Gasteiger partial charge on any atom is 0.189 e. The van der Waals surface area contributed by atoms with Crippen molar-refractivity contribution in [2.24, 2.45) is 5.41 Å². The van der Waals surface area contributed by atoms with E-state index in [1.165, 1.54) is 0 Å². The van der Waals surface area contributed by atoms with E-state index in [1.54, 1.807) is 0 Å². The molecule has 2 aromatic heterocycles. The number of ether oxygens (including phenoxy) is 2. The molecule has 0 radical (unpaired) electrons. The molecule has 1 aliphatic heterocycles. The Morgan fingerprint density at radius 1 is 0.686 bits per heavy atom. The molecule has 3 unspecified atom stereocenters. The van der Waals surface area contributed by atoms with Crippen LogP contribution in [0.25, 0.3) is 0 Å². The zero-order chi connectivity index (χ0) is 24.4. The Morgan fingerprint density at radius 2 is 1.17 bits per heavy atom. The van der Waals surface area contributed by atoms with Gasteiger partial charge >= 0.3 is 0 Å². The van der Waals surface area contributed by atoms with E-state index in [1.807, 2.05) is 72.8 Å². The van der Waals surface area contributed by atoms with Crippen LogP contribution in [0, 0.1) is 5.41 Å². The van der Waals surface area contributed by atoms with E-state index >= 15 is 0 Å². The van der Waals surface area contributed by atoms with Gasteiger partial charge in [-0.1, -0.05) is 74.5 Å². The van der Waals surface area contributed by atoms with Crippen molar-refractivity contribution in [1.29, 1.82) is 0 Å². The molecule has 1 saturated heterocycles. The van der Waals surface area contributed by atoms with Crippen LogP contribution in [0.15, 0.2) is 84.9 Å². The third-order valence-electron chi connectivity index (χ3n) is 6.48. The van der Waals surface area contributed by atoms with Crippen LogP contribution in [0.4, 0.5) is 0 Å². The van der Waals surface area contributed by atoms with Crippen LogP contribution < -0.4 is 0 Å². The Kier molecular flexibility index (Phi) is 6.62. The summed E-state index contributed by atoms with van der Waals surface area (Å²) < 4.78 is 11.6. The first-order valence-corrected chi connectivity index (χ1v) is 12.0. The summed E-state index contributed by atoms with van der Waals surface area (Å²) in [6.45, 7) is 5.21. The van der Waals surface area contributed by atoms with Crippen molar-refractivity contribution in [3.63, 3.8) is 0 Å². The van der Waals surface area contributed by atoms with Crippen molar-refractivity contribution >= 4 is 0 Å². The lowest BCUT2D eigenvalue weighted by Crippen LogP contribution is -2.40. The van der Waals surface area contributed by atoms with Gasteiger partial charge in [0.05, 0.1) is 19.1 Å². The third-order valence-corrected chi connectivity index (χ3v) is 6.48. The summed E-state index contributed by atoms with van der Waals surface area (Å²) >= 11 is 0. The lowest BCUT2D eigenvalue weighted by Gasteiger charge is -2.36. The molecule has 182 valence electrons. The van der Waals surface area contributed by atoms with Gasteiger partial charge in [0.1, 0.15) is 12.2 Å². The lowest BCUT2D eigenvalue weighted by molar-refractivity contribution is -0.258. The molecule has 4 N–H and O–H groups in total. The second kappa shape index (κ2) is 9.84. The predicted molar refractivity (Wildman–Crippen MR) is 134 cm³/mol. The minimum atomic E-state index is -0.921. The van der Waals surface area contributed by atoms with Gasteiger partial charge in [-0.15, -0.1) is 0 Å². The molecule has 3 heterocycles. The number of hydrogen-bond acceptors (Lipinski definition) is 4. The van der Waals surface area contributed by atoms with Gasteiger partial charge in [0, 0.05) is 28.2 Å². The Labute approximate surface area is 205 Å². The van der Waals surface area contributed by atoms with Crippen LogP contribution in [0.1, 0.15) is 65.9 Å². The van der Waals surface area contributed by atoms with Crippen LogP contribution in [0.5, 0.6) is 0 Å². The molecular formula is C29H32N2O4. The van der Waals surface area contributed by atoms with E-state index in [-0.39, 0.29) is 11.3 Å². The molecule has 4 aromatic rings. The normalized spacial score (nSPS) is 18.7. The highest BCUT2D eigenvalue weighted by atomic mass is 16.7. The molecule has 2 aromatic carbocycles. The fourth-order valence-electron chi connectivity index (χ4n) is 4.55. The topological polar surface area (TPSA) is 90.5 Å². The number of hydrogen-bond donors (Lipinski definition) is 4.